The van der Waals surface area contributed by atoms with E-state index in [0.29, 0.717) is 5.56 Å². The maximum Gasteiger partial charge on any atom is 0.255 e. The Kier molecular flexibility index (Phi) is 3.63. The van der Waals surface area contributed by atoms with E-state index in [-0.39, 0.29) is 5.91 Å². The molecule has 0 saturated heterocycles. The molecular weight excluding hydrogens is 384 g/mol. The number of aromatic amines is 1. The monoisotopic (exact) mass is 392 g/mol. The van der Waals surface area contributed by atoms with Gasteiger partial charge in [0.15, 0.2) is 0 Å². The Morgan fingerprint density at radius 2 is 1.80 bits per heavy atom. The van der Waals surface area contributed by atoms with E-state index in [1.54, 1.807) is 6.07 Å². The van der Waals surface area contributed by atoms with Crippen molar-refractivity contribution in [1.82, 2.24) is 4.98 Å². The number of rotatable bonds is 2. The number of anilines is 1. The van der Waals surface area contributed by atoms with Crippen LogP contribution in [-0.4, -0.2) is 10.9 Å². The van der Waals surface area contributed by atoms with Crippen LogP contribution in [0.2, 0.25) is 0 Å². The van der Waals surface area contributed by atoms with Crippen LogP contribution in [0.4, 0.5) is 5.69 Å². The van der Waals surface area contributed by atoms with Gasteiger partial charge in [-0.2, -0.15) is 0 Å². The van der Waals surface area contributed by atoms with Gasteiger partial charge in [-0.3, -0.25) is 4.79 Å². The number of nitrogens with one attached hydrogen (secondary N) is 2. The minimum atomic E-state index is -0.138. The molecule has 0 aliphatic heterocycles. The zero-order valence-corrected chi connectivity index (χ0v) is 13.5. The van der Waals surface area contributed by atoms with Crippen LogP contribution in [0.5, 0.6) is 0 Å². The number of carbonyl (C=O) groups is 1. The van der Waals surface area contributed by atoms with E-state index in [2.05, 4.69) is 42.2 Å². The first-order valence-corrected chi connectivity index (χ1v) is 7.56. The van der Waals surface area contributed by atoms with Crippen molar-refractivity contribution in [3.63, 3.8) is 0 Å². The van der Waals surface area contributed by atoms with Crippen LogP contribution in [0.1, 0.15) is 10.4 Å². The topological polar surface area (TPSA) is 44.9 Å². The number of carbonyl (C=O) groups excluding carboxylic acids is 1. The van der Waals surface area contributed by atoms with E-state index >= 15 is 0 Å². The van der Waals surface area contributed by atoms with Crippen molar-refractivity contribution in [1.29, 1.82) is 0 Å². The van der Waals surface area contributed by atoms with Gasteiger partial charge in [-0.25, -0.2) is 0 Å². The summed E-state index contributed by atoms with van der Waals surface area (Å²) in [5.74, 6) is -0.138. The second-order valence-electron chi connectivity index (χ2n) is 4.33. The standard InChI is InChI=1S/C15H10Br2N2O/c16-11-2-1-3-12(17)14(11)19-15(20)10-4-5-13-9(8-10)6-7-18-13/h1-8,18H,(H,19,20). The van der Waals surface area contributed by atoms with Gasteiger partial charge >= 0.3 is 0 Å². The SMILES string of the molecule is O=C(Nc1c(Br)cccc1Br)c1ccc2[nH]ccc2c1. The van der Waals surface area contributed by atoms with Gasteiger partial charge in [0, 0.05) is 31.6 Å². The number of fused-ring (bicyclic) bond motifs is 1. The lowest BCUT2D eigenvalue weighted by atomic mass is 10.1. The molecule has 5 heteroatoms. The Hall–Kier alpha value is -1.59. The summed E-state index contributed by atoms with van der Waals surface area (Å²) < 4.78 is 1.67. The Bertz CT molecular complexity index is 775. The molecule has 3 rings (SSSR count). The van der Waals surface area contributed by atoms with E-state index in [0.717, 1.165) is 25.5 Å². The number of hydrogen-bond donors (Lipinski definition) is 2. The van der Waals surface area contributed by atoms with Crippen LogP contribution in [0, 0.1) is 0 Å². The average molecular weight is 394 g/mol. The lowest BCUT2D eigenvalue weighted by Crippen LogP contribution is -2.12. The van der Waals surface area contributed by atoms with Crippen LogP contribution < -0.4 is 5.32 Å². The number of halogens is 2. The molecule has 1 amide bonds. The third-order valence-electron chi connectivity index (χ3n) is 3.02. The summed E-state index contributed by atoms with van der Waals surface area (Å²) in [6, 6.07) is 13.2. The Labute approximate surface area is 132 Å². The molecule has 0 saturated carbocycles. The van der Waals surface area contributed by atoms with Crippen LogP contribution in [-0.2, 0) is 0 Å². The summed E-state index contributed by atoms with van der Waals surface area (Å²) in [7, 11) is 0. The van der Waals surface area contributed by atoms with Crippen LogP contribution in [0.25, 0.3) is 10.9 Å². The number of para-hydroxylation sites is 1. The van der Waals surface area contributed by atoms with Gasteiger partial charge < -0.3 is 10.3 Å². The lowest BCUT2D eigenvalue weighted by molar-refractivity contribution is 0.102. The summed E-state index contributed by atoms with van der Waals surface area (Å²) in [6.45, 7) is 0. The molecule has 2 aromatic carbocycles. The summed E-state index contributed by atoms with van der Waals surface area (Å²) in [5, 5.41) is 3.93. The molecule has 0 spiro atoms. The smallest absolute Gasteiger partial charge is 0.255 e. The van der Waals surface area contributed by atoms with E-state index in [1.807, 2.05) is 42.6 Å². The molecule has 0 bridgehead atoms. The van der Waals surface area contributed by atoms with Crippen molar-refractivity contribution < 1.29 is 4.79 Å². The normalized spacial score (nSPS) is 10.7. The molecule has 0 aliphatic rings. The van der Waals surface area contributed by atoms with Gasteiger partial charge in [0.25, 0.3) is 5.91 Å². The fraction of sp³-hybridized carbons (Fsp3) is 0. The highest BCUT2D eigenvalue weighted by molar-refractivity contribution is 9.11. The molecule has 0 unspecified atom stereocenters. The Morgan fingerprint density at radius 1 is 1.05 bits per heavy atom. The first kappa shape index (κ1) is 13.4. The minimum Gasteiger partial charge on any atom is -0.361 e. The van der Waals surface area contributed by atoms with Gasteiger partial charge in [-0.15, -0.1) is 0 Å². The molecule has 1 aromatic heterocycles. The van der Waals surface area contributed by atoms with Gasteiger partial charge in [0.05, 0.1) is 5.69 Å². The van der Waals surface area contributed by atoms with Crippen LogP contribution >= 0.6 is 31.9 Å². The van der Waals surface area contributed by atoms with Crippen molar-refractivity contribution in [3.05, 3.63) is 63.2 Å². The predicted molar refractivity (Wildman–Crippen MR) is 88.1 cm³/mol. The Morgan fingerprint density at radius 3 is 2.55 bits per heavy atom. The van der Waals surface area contributed by atoms with Crippen LogP contribution in [0.15, 0.2) is 57.6 Å². The maximum absolute atomic E-state index is 12.3. The fourth-order valence-corrected chi connectivity index (χ4v) is 3.19. The first-order chi connectivity index (χ1) is 9.65. The van der Waals surface area contributed by atoms with Crippen LogP contribution in [0.3, 0.4) is 0 Å². The largest absolute Gasteiger partial charge is 0.361 e. The maximum atomic E-state index is 12.3. The Balaban J connectivity index is 1.92. The van der Waals surface area contributed by atoms with E-state index in [1.165, 1.54) is 0 Å². The molecule has 1 heterocycles. The van der Waals surface area contributed by atoms with E-state index in [4.69, 9.17) is 0 Å². The molecular formula is C15H10Br2N2O. The number of H-pyrrole nitrogens is 1. The first-order valence-electron chi connectivity index (χ1n) is 5.97. The average Bonchev–Trinajstić information content (AvgIpc) is 2.90. The predicted octanol–water partition coefficient (Wildman–Crippen LogP) is 4.95. The van der Waals surface area contributed by atoms with Crippen molar-refractivity contribution in [2.75, 3.05) is 5.32 Å². The number of aromatic nitrogens is 1. The van der Waals surface area contributed by atoms with E-state index < -0.39 is 0 Å². The molecule has 2 N–H and O–H groups in total. The second-order valence-corrected chi connectivity index (χ2v) is 6.04. The molecule has 20 heavy (non-hydrogen) atoms. The number of amides is 1. The number of benzene rings is 2. The highest BCUT2D eigenvalue weighted by Gasteiger charge is 2.11. The molecule has 0 atom stereocenters. The quantitative estimate of drug-likeness (QED) is 0.635. The number of hydrogen-bond acceptors (Lipinski definition) is 1. The van der Waals surface area contributed by atoms with Crippen molar-refractivity contribution in [2.45, 2.75) is 0 Å². The van der Waals surface area contributed by atoms with Gasteiger partial charge in [0.2, 0.25) is 0 Å². The van der Waals surface area contributed by atoms with Crippen molar-refractivity contribution in [3.8, 4) is 0 Å². The van der Waals surface area contributed by atoms with Gasteiger partial charge in [-0.1, -0.05) is 6.07 Å². The second kappa shape index (κ2) is 5.42. The third-order valence-corrected chi connectivity index (χ3v) is 4.34. The fourth-order valence-electron chi connectivity index (χ4n) is 2.00. The highest BCUT2D eigenvalue weighted by Crippen LogP contribution is 2.31. The highest BCUT2D eigenvalue weighted by atomic mass is 79.9. The summed E-state index contributed by atoms with van der Waals surface area (Å²) in [4.78, 5) is 15.4. The van der Waals surface area contributed by atoms with Crippen molar-refractivity contribution >= 4 is 54.4 Å². The minimum absolute atomic E-state index is 0.138. The molecule has 100 valence electrons. The zero-order chi connectivity index (χ0) is 14.1. The van der Waals surface area contributed by atoms with Crippen molar-refractivity contribution in [2.24, 2.45) is 0 Å². The van der Waals surface area contributed by atoms with Gasteiger partial charge in [-0.05, 0) is 68.3 Å². The molecule has 0 fully saturated rings. The summed E-state index contributed by atoms with van der Waals surface area (Å²) in [5.41, 5.74) is 2.37. The molecule has 0 radical (unpaired) electrons. The van der Waals surface area contributed by atoms with E-state index in [9.17, 15) is 4.79 Å². The third kappa shape index (κ3) is 2.51. The summed E-state index contributed by atoms with van der Waals surface area (Å²) >= 11 is 6.86. The zero-order valence-electron chi connectivity index (χ0n) is 10.3. The van der Waals surface area contributed by atoms with Gasteiger partial charge in [0.1, 0.15) is 0 Å². The lowest BCUT2D eigenvalue weighted by Gasteiger charge is -2.09. The molecule has 3 nitrogen and oxygen atoms in total. The molecule has 0 aliphatic carbocycles. The molecule has 3 aromatic rings. The summed E-state index contributed by atoms with van der Waals surface area (Å²) in [6.07, 6.45) is 1.86.